The molecule has 1 aliphatic heterocycles. The lowest BCUT2D eigenvalue weighted by Gasteiger charge is -2.33. The molecule has 6 nitrogen and oxygen atoms in total. The molecular formula is C10H19ClN2O4S. The highest BCUT2D eigenvalue weighted by Crippen LogP contribution is 2.09. The number of methoxy groups -OCH3 is 1. The number of piperazine rings is 1. The van der Waals surface area contributed by atoms with E-state index >= 15 is 0 Å². The van der Waals surface area contributed by atoms with E-state index in [4.69, 9.17) is 11.6 Å². The fourth-order valence-corrected chi connectivity index (χ4v) is 3.56. The molecular weight excluding hydrogens is 280 g/mol. The summed E-state index contributed by atoms with van der Waals surface area (Å²) in [5.41, 5.74) is 0. The molecule has 1 aliphatic rings. The van der Waals surface area contributed by atoms with Crippen molar-refractivity contribution < 1.29 is 17.9 Å². The van der Waals surface area contributed by atoms with E-state index in [9.17, 15) is 13.2 Å². The summed E-state index contributed by atoms with van der Waals surface area (Å²) in [6.45, 7) is 2.15. The van der Waals surface area contributed by atoms with Gasteiger partial charge >= 0.3 is 5.97 Å². The molecule has 8 heteroatoms. The molecule has 0 bridgehead atoms. The number of esters is 1. The third kappa shape index (κ3) is 4.72. The minimum atomic E-state index is -3.20. The zero-order chi connectivity index (χ0) is 13.6. The minimum absolute atomic E-state index is 0.0908. The van der Waals surface area contributed by atoms with Crippen LogP contribution < -0.4 is 0 Å². The van der Waals surface area contributed by atoms with Crippen LogP contribution in [-0.2, 0) is 19.6 Å². The summed E-state index contributed by atoms with van der Waals surface area (Å²) in [6, 6.07) is 0. The average Bonchev–Trinajstić information content (AvgIpc) is 2.37. The molecule has 1 fully saturated rings. The zero-order valence-corrected chi connectivity index (χ0v) is 12.0. The van der Waals surface area contributed by atoms with Crippen LogP contribution in [0.2, 0.25) is 0 Å². The van der Waals surface area contributed by atoms with Gasteiger partial charge in [0.05, 0.1) is 19.4 Å². The third-order valence-electron chi connectivity index (χ3n) is 2.84. The van der Waals surface area contributed by atoms with Crippen molar-refractivity contribution in [3.63, 3.8) is 0 Å². The number of carbonyl (C=O) groups excluding carboxylic acids is 1. The highest BCUT2D eigenvalue weighted by atomic mass is 35.5. The standard InChI is InChI=1S/C10H19ClN2O4S/c1-17-10(14)9-12-4-6-13(7-5-12)18(15,16)8-2-3-11/h2-9H2,1H3. The van der Waals surface area contributed by atoms with Crippen molar-refractivity contribution in [1.29, 1.82) is 0 Å². The van der Waals surface area contributed by atoms with Gasteiger partial charge in [0.25, 0.3) is 0 Å². The monoisotopic (exact) mass is 298 g/mol. The third-order valence-corrected chi connectivity index (χ3v) is 5.06. The number of sulfonamides is 1. The number of ether oxygens (including phenoxy) is 1. The van der Waals surface area contributed by atoms with E-state index in [1.165, 1.54) is 11.4 Å². The molecule has 1 rings (SSSR count). The van der Waals surface area contributed by atoms with E-state index in [0.717, 1.165) is 0 Å². The van der Waals surface area contributed by atoms with Crippen LogP contribution in [0.5, 0.6) is 0 Å². The Kier molecular flexibility index (Phi) is 6.34. The van der Waals surface area contributed by atoms with Crippen LogP contribution in [0, 0.1) is 0 Å². The van der Waals surface area contributed by atoms with Gasteiger partial charge in [-0.1, -0.05) is 0 Å². The van der Waals surface area contributed by atoms with E-state index in [1.54, 1.807) is 0 Å². The number of hydrogen-bond donors (Lipinski definition) is 0. The summed E-state index contributed by atoms with van der Waals surface area (Å²) in [6.07, 6.45) is 0.465. The number of rotatable bonds is 6. The van der Waals surface area contributed by atoms with E-state index in [2.05, 4.69) is 4.74 Å². The molecule has 0 atom stereocenters. The summed E-state index contributed by atoms with van der Waals surface area (Å²) in [7, 11) is -1.85. The molecule has 0 amide bonds. The van der Waals surface area contributed by atoms with Crippen LogP contribution in [0.25, 0.3) is 0 Å². The van der Waals surface area contributed by atoms with Crippen molar-refractivity contribution in [2.45, 2.75) is 6.42 Å². The number of alkyl halides is 1. The molecule has 106 valence electrons. The SMILES string of the molecule is COC(=O)CN1CCN(S(=O)(=O)CCCCl)CC1. The highest BCUT2D eigenvalue weighted by Gasteiger charge is 2.27. The van der Waals surface area contributed by atoms with Crippen LogP contribution in [0.1, 0.15) is 6.42 Å². The molecule has 0 N–H and O–H groups in total. The van der Waals surface area contributed by atoms with Crippen LogP contribution in [0.4, 0.5) is 0 Å². The second kappa shape index (κ2) is 7.28. The Balaban J connectivity index is 2.41. The number of halogens is 1. The lowest BCUT2D eigenvalue weighted by Crippen LogP contribution is -2.50. The molecule has 1 saturated heterocycles. The normalized spacial score (nSPS) is 18.8. The first-order valence-corrected chi connectivity index (χ1v) is 7.97. The summed E-state index contributed by atoms with van der Waals surface area (Å²) in [5.74, 6) is 0.142. The van der Waals surface area contributed by atoms with E-state index in [-0.39, 0.29) is 18.3 Å². The fourth-order valence-electron chi connectivity index (χ4n) is 1.78. The van der Waals surface area contributed by atoms with Gasteiger partial charge in [-0.3, -0.25) is 9.69 Å². The fraction of sp³-hybridized carbons (Fsp3) is 0.900. The van der Waals surface area contributed by atoms with Gasteiger partial charge in [0.1, 0.15) is 0 Å². The maximum atomic E-state index is 11.9. The molecule has 0 aliphatic carbocycles. The quantitative estimate of drug-likeness (QED) is 0.499. The van der Waals surface area contributed by atoms with E-state index in [1.807, 2.05) is 4.90 Å². The molecule has 1 heterocycles. The minimum Gasteiger partial charge on any atom is -0.468 e. The number of carbonyl (C=O) groups is 1. The molecule has 0 aromatic rings. The lowest BCUT2D eigenvalue weighted by atomic mass is 10.3. The molecule has 0 aromatic carbocycles. The van der Waals surface area contributed by atoms with Crippen molar-refractivity contribution in [2.75, 3.05) is 51.5 Å². The van der Waals surface area contributed by atoms with Gasteiger partial charge in [0.15, 0.2) is 0 Å². The Morgan fingerprint density at radius 1 is 1.28 bits per heavy atom. The van der Waals surface area contributed by atoms with Crippen molar-refractivity contribution >= 4 is 27.6 Å². The van der Waals surface area contributed by atoms with Gasteiger partial charge in [-0.05, 0) is 6.42 Å². The summed E-state index contributed by atoms with van der Waals surface area (Å²) >= 11 is 5.50. The first kappa shape index (κ1) is 15.7. The van der Waals surface area contributed by atoms with Crippen molar-refractivity contribution in [3.05, 3.63) is 0 Å². The average molecular weight is 299 g/mol. The van der Waals surface area contributed by atoms with E-state index in [0.29, 0.717) is 38.5 Å². The van der Waals surface area contributed by atoms with Gasteiger partial charge < -0.3 is 4.74 Å². The topological polar surface area (TPSA) is 66.9 Å². The van der Waals surface area contributed by atoms with E-state index < -0.39 is 10.0 Å². The predicted molar refractivity (Wildman–Crippen MR) is 69.2 cm³/mol. The highest BCUT2D eigenvalue weighted by molar-refractivity contribution is 7.89. The van der Waals surface area contributed by atoms with Gasteiger partial charge in [-0.2, -0.15) is 4.31 Å². The van der Waals surface area contributed by atoms with Crippen molar-refractivity contribution in [1.82, 2.24) is 9.21 Å². The van der Waals surface area contributed by atoms with Crippen molar-refractivity contribution in [3.8, 4) is 0 Å². The molecule has 0 unspecified atom stereocenters. The Hall–Kier alpha value is -0.370. The largest absolute Gasteiger partial charge is 0.468 e. The second-order valence-electron chi connectivity index (χ2n) is 4.11. The summed E-state index contributed by atoms with van der Waals surface area (Å²) in [5, 5.41) is 0. The van der Waals surface area contributed by atoms with Gasteiger partial charge in [0, 0.05) is 32.1 Å². The smallest absolute Gasteiger partial charge is 0.319 e. The zero-order valence-electron chi connectivity index (χ0n) is 10.5. The lowest BCUT2D eigenvalue weighted by molar-refractivity contribution is -0.142. The number of hydrogen-bond acceptors (Lipinski definition) is 5. The predicted octanol–water partition coefficient (Wildman–Crippen LogP) is -0.264. The van der Waals surface area contributed by atoms with Crippen LogP contribution in [0.15, 0.2) is 0 Å². The Morgan fingerprint density at radius 2 is 1.89 bits per heavy atom. The Morgan fingerprint density at radius 3 is 2.39 bits per heavy atom. The first-order valence-electron chi connectivity index (χ1n) is 5.82. The molecule has 0 saturated carbocycles. The maximum Gasteiger partial charge on any atom is 0.319 e. The summed E-state index contributed by atoms with van der Waals surface area (Å²) < 4.78 is 29.8. The maximum absolute atomic E-state index is 11.9. The molecule has 0 spiro atoms. The van der Waals surface area contributed by atoms with Gasteiger partial charge in [0.2, 0.25) is 10.0 Å². The van der Waals surface area contributed by atoms with Gasteiger partial charge in [-0.25, -0.2) is 8.42 Å². The van der Waals surface area contributed by atoms with Crippen LogP contribution >= 0.6 is 11.6 Å². The Labute approximate surface area is 113 Å². The van der Waals surface area contributed by atoms with Crippen LogP contribution in [-0.4, -0.2) is 75.1 Å². The van der Waals surface area contributed by atoms with Crippen molar-refractivity contribution in [2.24, 2.45) is 0 Å². The number of nitrogens with zero attached hydrogens (tertiary/aromatic N) is 2. The van der Waals surface area contributed by atoms with Crippen LogP contribution in [0.3, 0.4) is 0 Å². The molecule has 0 aromatic heterocycles. The molecule has 18 heavy (non-hydrogen) atoms. The summed E-state index contributed by atoms with van der Waals surface area (Å²) in [4.78, 5) is 13.0. The second-order valence-corrected chi connectivity index (χ2v) is 6.58. The Bertz CT molecular complexity index is 366. The molecule has 0 radical (unpaired) electrons. The first-order chi connectivity index (χ1) is 8.49. The van der Waals surface area contributed by atoms with Gasteiger partial charge in [-0.15, -0.1) is 11.6 Å².